The molecule has 1 heterocycles. The van der Waals surface area contributed by atoms with Gasteiger partial charge in [-0.25, -0.2) is 4.39 Å². The maximum absolute atomic E-state index is 12.2. The number of nitrogens with zero attached hydrogens (tertiary/aromatic N) is 1. The second kappa shape index (κ2) is 5.68. The van der Waals surface area contributed by atoms with Crippen molar-refractivity contribution in [2.75, 3.05) is 19.8 Å². The number of alkyl halides is 1. The van der Waals surface area contributed by atoms with E-state index in [-0.39, 0.29) is 24.8 Å². The Hall–Kier alpha value is -1.13. The fourth-order valence-electron chi connectivity index (χ4n) is 1.70. The van der Waals surface area contributed by atoms with E-state index in [4.69, 9.17) is 0 Å². The predicted octanol–water partition coefficient (Wildman–Crippen LogP) is 0.473. The lowest BCUT2D eigenvalue weighted by Gasteiger charge is -2.22. The summed E-state index contributed by atoms with van der Waals surface area (Å²) in [6.45, 7) is 1.81. The summed E-state index contributed by atoms with van der Waals surface area (Å²) in [5, 5.41) is 2.67. The van der Waals surface area contributed by atoms with Crippen molar-refractivity contribution in [1.82, 2.24) is 10.2 Å². The molecule has 0 radical (unpaired) electrons. The Balaban J connectivity index is 2.68. The zero-order chi connectivity index (χ0) is 11.3. The largest absolute Gasteiger partial charge is 0.344 e. The Labute approximate surface area is 88.8 Å². The molecule has 0 aliphatic carbocycles. The van der Waals surface area contributed by atoms with Crippen molar-refractivity contribution in [2.24, 2.45) is 0 Å². The van der Waals surface area contributed by atoms with Crippen LogP contribution in [0.4, 0.5) is 4.39 Å². The average Bonchev–Trinajstić information content (AvgIpc) is 2.33. The molecule has 1 aliphatic rings. The first-order chi connectivity index (χ1) is 7.19. The van der Waals surface area contributed by atoms with Gasteiger partial charge in [-0.15, -0.1) is 0 Å². The van der Waals surface area contributed by atoms with E-state index < -0.39 is 12.7 Å². The topological polar surface area (TPSA) is 49.4 Å². The van der Waals surface area contributed by atoms with Crippen LogP contribution in [0.15, 0.2) is 0 Å². The summed E-state index contributed by atoms with van der Waals surface area (Å²) < 4.78 is 12.2. The molecule has 1 atom stereocenters. The lowest BCUT2D eigenvalue weighted by Crippen LogP contribution is -2.45. The second-order valence-corrected chi connectivity index (χ2v) is 3.67. The number of hydrogen-bond acceptors (Lipinski definition) is 2. The van der Waals surface area contributed by atoms with E-state index in [0.717, 1.165) is 6.42 Å². The molecule has 0 aromatic heterocycles. The molecule has 0 saturated carbocycles. The molecule has 1 unspecified atom stereocenters. The van der Waals surface area contributed by atoms with Crippen LogP contribution in [0.25, 0.3) is 0 Å². The van der Waals surface area contributed by atoms with Gasteiger partial charge in [-0.1, -0.05) is 13.3 Å². The molecular formula is C10H17FN2O2. The monoisotopic (exact) mass is 216 g/mol. The zero-order valence-electron chi connectivity index (χ0n) is 8.96. The van der Waals surface area contributed by atoms with Gasteiger partial charge in [-0.2, -0.15) is 0 Å². The molecule has 15 heavy (non-hydrogen) atoms. The summed E-state index contributed by atoms with van der Waals surface area (Å²) in [4.78, 5) is 24.5. The van der Waals surface area contributed by atoms with E-state index in [9.17, 15) is 14.0 Å². The van der Waals surface area contributed by atoms with Gasteiger partial charge in [0.2, 0.25) is 11.8 Å². The Morgan fingerprint density at radius 3 is 2.87 bits per heavy atom. The highest BCUT2D eigenvalue weighted by molar-refractivity contribution is 5.89. The van der Waals surface area contributed by atoms with Crippen LogP contribution >= 0.6 is 0 Å². The van der Waals surface area contributed by atoms with E-state index in [1.54, 1.807) is 0 Å². The first-order valence-corrected chi connectivity index (χ1v) is 5.33. The predicted molar refractivity (Wildman–Crippen MR) is 54.0 cm³/mol. The van der Waals surface area contributed by atoms with Gasteiger partial charge in [0.25, 0.3) is 0 Å². The van der Waals surface area contributed by atoms with Gasteiger partial charge in [-0.05, 0) is 6.42 Å². The minimum Gasteiger partial charge on any atom is -0.344 e. The molecule has 1 fully saturated rings. The summed E-state index contributed by atoms with van der Waals surface area (Å²) >= 11 is 0. The van der Waals surface area contributed by atoms with Crippen LogP contribution in [-0.4, -0.2) is 42.5 Å². The van der Waals surface area contributed by atoms with Gasteiger partial charge in [0.15, 0.2) is 0 Å². The van der Waals surface area contributed by atoms with Gasteiger partial charge in [0.05, 0.1) is 0 Å². The maximum atomic E-state index is 12.2. The van der Waals surface area contributed by atoms with Crippen molar-refractivity contribution in [1.29, 1.82) is 0 Å². The number of carbonyl (C=O) groups is 2. The molecule has 0 spiro atoms. The zero-order valence-corrected chi connectivity index (χ0v) is 8.96. The number of rotatable bonds is 4. The van der Waals surface area contributed by atoms with Crippen molar-refractivity contribution < 1.29 is 14.0 Å². The fraction of sp³-hybridized carbons (Fsp3) is 0.800. The van der Waals surface area contributed by atoms with Crippen LogP contribution in [0, 0.1) is 0 Å². The van der Waals surface area contributed by atoms with Gasteiger partial charge >= 0.3 is 0 Å². The molecule has 5 heteroatoms. The molecule has 0 aromatic rings. The van der Waals surface area contributed by atoms with Crippen LogP contribution in [0.5, 0.6) is 0 Å². The quantitative estimate of drug-likeness (QED) is 0.742. The Kier molecular flexibility index (Phi) is 4.52. The van der Waals surface area contributed by atoms with E-state index in [0.29, 0.717) is 13.0 Å². The molecule has 4 nitrogen and oxygen atoms in total. The van der Waals surface area contributed by atoms with Crippen LogP contribution in [-0.2, 0) is 9.59 Å². The summed E-state index contributed by atoms with van der Waals surface area (Å²) in [6.07, 6.45) is 1.71. The van der Waals surface area contributed by atoms with Gasteiger partial charge in [0.1, 0.15) is 12.7 Å². The van der Waals surface area contributed by atoms with Crippen LogP contribution in [0.3, 0.4) is 0 Å². The number of carbonyl (C=O) groups excluding carboxylic acids is 2. The highest BCUT2D eigenvalue weighted by Crippen LogP contribution is 2.08. The number of amides is 2. The third-order valence-corrected chi connectivity index (χ3v) is 2.49. The van der Waals surface area contributed by atoms with Crippen LogP contribution < -0.4 is 5.32 Å². The molecule has 86 valence electrons. The van der Waals surface area contributed by atoms with Gasteiger partial charge in [-0.3, -0.25) is 9.59 Å². The number of halogens is 1. The molecule has 1 aliphatic heterocycles. The molecule has 2 amide bonds. The van der Waals surface area contributed by atoms with Crippen molar-refractivity contribution in [2.45, 2.75) is 32.2 Å². The third-order valence-electron chi connectivity index (χ3n) is 2.49. The lowest BCUT2D eigenvalue weighted by molar-refractivity contribution is -0.133. The Morgan fingerprint density at radius 2 is 2.27 bits per heavy atom. The van der Waals surface area contributed by atoms with Crippen LogP contribution in [0.2, 0.25) is 0 Å². The second-order valence-electron chi connectivity index (χ2n) is 3.67. The van der Waals surface area contributed by atoms with E-state index in [1.165, 1.54) is 4.90 Å². The van der Waals surface area contributed by atoms with Crippen molar-refractivity contribution in [3.8, 4) is 0 Å². The van der Waals surface area contributed by atoms with E-state index in [1.807, 2.05) is 6.92 Å². The molecule has 0 aromatic carbocycles. The summed E-state index contributed by atoms with van der Waals surface area (Å²) in [5.74, 6) is -0.275. The fourth-order valence-corrected chi connectivity index (χ4v) is 1.70. The van der Waals surface area contributed by atoms with E-state index in [2.05, 4.69) is 5.32 Å². The average molecular weight is 216 g/mol. The van der Waals surface area contributed by atoms with Crippen LogP contribution in [0.1, 0.15) is 26.2 Å². The maximum Gasteiger partial charge on any atom is 0.245 e. The molecule has 1 saturated heterocycles. The first kappa shape index (κ1) is 11.9. The highest BCUT2D eigenvalue weighted by Gasteiger charge is 2.28. The highest BCUT2D eigenvalue weighted by atomic mass is 19.1. The van der Waals surface area contributed by atoms with Crippen molar-refractivity contribution in [3.05, 3.63) is 0 Å². The van der Waals surface area contributed by atoms with Gasteiger partial charge < -0.3 is 10.2 Å². The summed E-state index contributed by atoms with van der Waals surface area (Å²) in [6, 6.07) is -0.462. The summed E-state index contributed by atoms with van der Waals surface area (Å²) in [7, 11) is 0. The number of nitrogens with one attached hydrogen (secondary N) is 1. The van der Waals surface area contributed by atoms with Gasteiger partial charge in [0, 0.05) is 19.5 Å². The summed E-state index contributed by atoms with van der Waals surface area (Å²) in [5.41, 5.74) is 0. The Bertz CT molecular complexity index is 246. The first-order valence-electron chi connectivity index (χ1n) is 5.33. The Morgan fingerprint density at radius 1 is 1.53 bits per heavy atom. The molecule has 1 N–H and O–H groups in total. The smallest absolute Gasteiger partial charge is 0.245 e. The van der Waals surface area contributed by atoms with Crippen molar-refractivity contribution >= 4 is 11.8 Å². The third kappa shape index (κ3) is 3.18. The van der Waals surface area contributed by atoms with Crippen molar-refractivity contribution in [3.63, 3.8) is 0 Å². The molecule has 1 rings (SSSR count). The number of hydrogen-bond donors (Lipinski definition) is 1. The standard InChI is InChI=1S/C10H17FN2O2/c1-2-3-8-10(15)13(7-5-11)6-4-9(14)12-8/h8H,2-7H2,1H3,(H,12,14). The minimum atomic E-state index is -0.557. The lowest BCUT2D eigenvalue weighted by atomic mass is 10.1. The molecular weight excluding hydrogens is 199 g/mol. The normalized spacial score (nSPS) is 22.5. The minimum absolute atomic E-state index is 0.0913. The molecule has 0 bridgehead atoms. The van der Waals surface area contributed by atoms with E-state index >= 15 is 0 Å². The SMILES string of the molecule is CCCC1NC(=O)CCN(CCF)C1=O.